The first-order valence-corrected chi connectivity index (χ1v) is 10.5. The number of carbonyl (C=O) groups excluding carboxylic acids is 1. The quantitative estimate of drug-likeness (QED) is 0.601. The summed E-state index contributed by atoms with van der Waals surface area (Å²) in [5.41, 5.74) is 2.89. The van der Waals surface area contributed by atoms with Crippen molar-refractivity contribution in [2.75, 3.05) is 11.6 Å². The monoisotopic (exact) mass is 387 g/mol. The minimum atomic E-state index is -0.384. The summed E-state index contributed by atoms with van der Waals surface area (Å²) in [5.74, 6) is -0.0686. The largest absolute Gasteiger partial charge is 0.325 e. The molecule has 0 aliphatic heterocycles. The van der Waals surface area contributed by atoms with Crippen LogP contribution in [-0.2, 0) is 4.79 Å². The molecule has 1 heterocycles. The van der Waals surface area contributed by atoms with Crippen molar-refractivity contribution in [2.24, 2.45) is 0 Å². The van der Waals surface area contributed by atoms with Gasteiger partial charge in [0.2, 0.25) is 5.91 Å². The Morgan fingerprint density at radius 3 is 2.36 bits per heavy atom. The lowest BCUT2D eigenvalue weighted by Gasteiger charge is -2.15. The van der Waals surface area contributed by atoms with E-state index in [1.807, 2.05) is 67.8 Å². The summed E-state index contributed by atoms with van der Waals surface area (Å²) in [6, 6.07) is 17.5. The van der Waals surface area contributed by atoms with Crippen molar-refractivity contribution >= 4 is 46.5 Å². The van der Waals surface area contributed by atoms with E-state index < -0.39 is 0 Å². The van der Waals surface area contributed by atoms with Crippen molar-refractivity contribution in [1.82, 2.24) is 10.2 Å². The molecular formula is C18H17N3OS3. The van der Waals surface area contributed by atoms with Gasteiger partial charge in [0.25, 0.3) is 0 Å². The number of amides is 1. The van der Waals surface area contributed by atoms with Crippen molar-refractivity contribution in [3.63, 3.8) is 0 Å². The Bertz CT molecular complexity index is 834. The molecule has 0 saturated carbocycles. The van der Waals surface area contributed by atoms with Crippen LogP contribution in [0.25, 0.3) is 0 Å². The van der Waals surface area contributed by atoms with Gasteiger partial charge < -0.3 is 5.32 Å². The van der Waals surface area contributed by atoms with Gasteiger partial charge in [0.1, 0.15) is 5.25 Å². The topological polar surface area (TPSA) is 54.9 Å². The van der Waals surface area contributed by atoms with E-state index in [2.05, 4.69) is 15.5 Å². The molecule has 0 saturated heterocycles. The van der Waals surface area contributed by atoms with E-state index in [9.17, 15) is 4.79 Å². The van der Waals surface area contributed by atoms with Crippen molar-refractivity contribution < 1.29 is 4.79 Å². The SMILES string of the molecule is CSc1nnc(SC(C(=O)Nc2ccc(C)cc2)c2ccccc2)s1. The predicted octanol–water partition coefficient (Wildman–Crippen LogP) is 5.04. The molecule has 2 aromatic carbocycles. The Labute approximate surface area is 159 Å². The van der Waals surface area contributed by atoms with Gasteiger partial charge in [0, 0.05) is 5.69 Å². The van der Waals surface area contributed by atoms with E-state index in [0.717, 1.165) is 25.5 Å². The van der Waals surface area contributed by atoms with Crippen LogP contribution in [-0.4, -0.2) is 22.4 Å². The minimum absolute atomic E-state index is 0.0686. The number of anilines is 1. The maximum atomic E-state index is 12.9. The van der Waals surface area contributed by atoms with Crippen LogP contribution in [0.1, 0.15) is 16.4 Å². The van der Waals surface area contributed by atoms with Gasteiger partial charge in [0.15, 0.2) is 8.68 Å². The molecule has 0 aliphatic rings. The number of aromatic nitrogens is 2. The molecule has 1 unspecified atom stereocenters. The first-order valence-electron chi connectivity index (χ1n) is 7.62. The third kappa shape index (κ3) is 4.84. The number of nitrogens with one attached hydrogen (secondary N) is 1. The van der Waals surface area contributed by atoms with E-state index in [-0.39, 0.29) is 11.2 Å². The van der Waals surface area contributed by atoms with Crippen LogP contribution in [0.3, 0.4) is 0 Å². The van der Waals surface area contributed by atoms with E-state index in [1.165, 1.54) is 23.1 Å². The maximum absolute atomic E-state index is 12.9. The van der Waals surface area contributed by atoms with Crippen molar-refractivity contribution in [1.29, 1.82) is 0 Å². The van der Waals surface area contributed by atoms with Gasteiger partial charge in [0.05, 0.1) is 0 Å². The Hall–Kier alpha value is -1.83. The molecule has 0 aliphatic carbocycles. The average Bonchev–Trinajstić information content (AvgIpc) is 3.10. The second kappa shape index (κ2) is 8.51. The van der Waals surface area contributed by atoms with Crippen molar-refractivity contribution in [2.45, 2.75) is 20.9 Å². The third-order valence-electron chi connectivity index (χ3n) is 3.44. The fourth-order valence-corrected chi connectivity index (χ4v) is 4.80. The van der Waals surface area contributed by atoms with Gasteiger partial charge in [-0.15, -0.1) is 10.2 Å². The summed E-state index contributed by atoms with van der Waals surface area (Å²) >= 11 is 4.49. The molecule has 1 amide bonds. The lowest BCUT2D eigenvalue weighted by atomic mass is 10.1. The number of rotatable bonds is 6. The van der Waals surface area contributed by atoms with Crippen LogP contribution in [0.15, 0.2) is 63.3 Å². The zero-order valence-electron chi connectivity index (χ0n) is 13.8. The Morgan fingerprint density at radius 1 is 1.04 bits per heavy atom. The molecule has 0 bridgehead atoms. The highest BCUT2D eigenvalue weighted by atomic mass is 32.2. The predicted molar refractivity (Wildman–Crippen MR) is 107 cm³/mol. The highest BCUT2D eigenvalue weighted by Crippen LogP contribution is 2.38. The van der Waals surface area contributed by atoms with Gasteiger partial charge in [-0.1, -0.05) is 82.9 Å². The van der Waals surface area contributed by atoms with E-state index >= 15 is 0 Å². The molecule has 3 rings (SSSR count). The number of benzene rings is 2. The Kier molecular flexibility index (Phi) is 6.12. The first-order chi connectivity index (χ1) is 12.2. The number of hydrogen-bond donors (Lipinski definition) is 1. The van der Waals surface area contributed by atoms with Gasteiger partial charge >= 0.3 is 0 Å². The lowest BCUT2D eigenvalue weighted by Crippen LogP contribution is -2.19. The number of aryl methyl sites for hydroxylation is 1. The normalized spacial score (nSPS) is 11.9. The van der Waals surface area contributed by atoms with E-state index in [0.29, 0.717) is 0 Å². The number of thioether (sulfide) groups is 2. The first kappa shape index (κ1) is 18.0. The summed E-state index contributed by atoms with van der Waals surface area (Å²) < 4.78 is 1.69. The molecule has 0 radical (unpaired) electrons. The number of nitrogens with zero attached hydrogens (tertiary/aromatic N) is 2. The van der Waals surface area contributed by atoms with E-state index in [4.69, 9.17) is 0 Å². The van der Waals surface area contributed by atoms with E-state index in [1.54, 1.807) is 11.8 Å². The summed E-state index contributed by atoms with van der Waals surface area (Å²) in [7, 11) is 0. The van der Waals surface area contributed by atoms with Crippen molar-refractivity contribution in [3.05, 3.63) is 65.7 Å². The van der Waals surface area contributed by atoms with Crippen LogP contribution < -0.4 is 5.32 Å². The van der Waals surface area contributed by atoms with Gasteiger partial charge in [-0.2, -0.15) is 0 Å². The molecule has 0 fully saturated rings. The molecule has 25 heavy (non-hydrogen) atoms. The average molecular weight is 388 g/mol. The molecule has 128 valence electrons. The number of hydrogen-bond acceptors (Lipinski definition) is 6. The van der Waals surface area contributed by atoms with Gasteiger partial charge in [-0.3, -0.25) is 4.79 Å². The lowest BCUT2D eigenvalue weighted by molar-refractivity contribution is -0.115. The summed E-state index contributed by atoms with van der Waals surface area (Å²) in [5, 5.41) is 10.9. The molecule has 3 aromatic rings. The Morgan fingerprint density at radius 2 is 1.72 bits per heavy atom. The second-order valence-corrected chi connectivity index (χ2v) is 8.68. The molecular weight excluding hydrogens is 370 g/mol. The van der Waals surface area contributed by atoms with Gasteiger partial charge in [-0.05, 0) is 30.9 Å². The standard InChI is InChI=1S/C18H17N3OS3/c1-12-8-10-14(11-9-12)19-16(22)15(13-6-4-3-5-7-13)24-18-21-20-17(23-2)25-18/h3-11,15H,1-2H3,(H,19,22). The number of carbonyl (C=O) groups is 1. The zero-order chi connectivity index (χ0) is 17.6. The molecule has 1 N–H and O–H groups in total. The molecule has 1 atom stereocenters. The smallest absolute Gasteiger partial charge is 0.242 e. The minimum Gasteiger partial charge on any atom is -0.325 e. The van der Waals surface area contributed by atoms with Crippen LogP contribution in [0.4, 0.5) is 5.69 Å². The molecule has 4 nitrogen and oxygen atoms in total. The van der Waals surface area contributed by atoms with Gasteiger partial charge in [-0.25, -0.2) is 0 Å². The highest BCUT2D eigenvalue weighted by Gasteiger charge is 2.24. The Balaban J connectivity index is 1.82. The maximum Gasteiger partial charge on any atom is 0.242 e. The van der Waals surface area contributed by atoms with Crippen LogP contribution in [0, 0.1) is 6.92 Å². The van der Waals surface area contributed by atoms with Crippen LogP contribution in [0.5, 0.6) is 0 Å². The summed E-state index contributed by atoms with van der Waals surface area (Å²) in [6.07, 6.45) is 1.97. The zero-order valence-corrected chi connectivity index (χ0v) is 16.3. The summed E-state index contributed by atoms with van der Waals surface area (Å²) in [6.45, 7) is 2.02. The molecule has 0 spiro atoms. The second-order valence-electron chi connectivity index (χ2n) is 5.30. The van der Waals surface area contributed by atoms with Crippen molar-refractivity contribution in [3.8, 4) is 0 Å². The molecule has 1 aromatic heterocycles. The highest BCUT2D eigenvalue weighted by molar-refractivity contribution is 8.03. The fraction of sp³-hybridized carbons (Fsp3) is 0.167. The third-order valence-corrected chi connectivity index (χ3v) is 6.68. The molecule has 7 heteroatoms. The summed E-state index contributed by atoms with van der Waals surface area (Å²) in [4.78, 5) is 12.9. The van der Waals surface area contributed by atoms with Crippen LogP contribution >= 0.6 is 34.9 Å². The van der Waals surface area contributed by atoms with Crippen LogP contribution in [0.2, 0.25) is 0 Å². The fourth-order valence-electron chi connectivity index (χ4n) is 2.17.